The van der Waals surface area contributed by atoms with Crippen LogP contribution in [0.25, 0.3) is 0 Å². The summed E-state index contributed by atoms with van der Waals surface area (Å²) in [7, 11) is 3.09. The number of carbonyl (C=O) groups excluding carboxylic acids is 1. The van der Waals surface area contributed by atoms with Gasteiger partial charge in [-0.25, -0.2) is 0 Å². The number of esters is 1. The molecule has 0 unspecified atom stereocenters. The minimum Gasteiger partial charge on any atom is -0.508 e. The molecule has 5 heteroatoms. The van der Waals surface area contributed by atoms with Crippen molar-refractivity contribution in [2.45, 2.75) is 6.42 Å². The van der Waals surface area contributed by atoms with Gasteiger partial charge >= 0.3 is 5.97 Å². The molecule has 0 amide bonds. The molecule has 2 aromatic carbocycles. The van der Waals surface area contributed by atoms with E-state index in [0.717, 1.165) is 0 Å². The van der Waals surface area contributed by atoms with Gasteiger partial charge in [-0.3, -0.25) is 4.79 Å². The van der Waals surface area contributed by atoms with Gasteiger partial charge < -0.3 is 19.3 Å². The Morgan fingerprint density at radius 1 is 1.00 bits per heavy atom. The second-order valence-corrected chi connectivity index (χ2v) is 4.32. The zero-order chi connectivity index (χ0) is 15.2. The highest BCUT2D eigenvalue weighted by Crippen LogP contribution is 2.25. The van der Waals surface area contributed by atoms with E-state index in [0.29, 0.717) is 22.8 Å². The Kier molecular flexibility index (Phi) is 4.66. The molecule has 0 aromatic heterocycles. The third-order valence-electron chi connectivity index (χ3n) is 2.90. The van der Waals surface area contributed by atoms with E-state index >= 15 is 0 Å². The fourth-order valence-corrected chi connectivity index (χ4v) is 1.84. The predicted molar refractivity (Wildman–Crippen MR) is 77.0 cm³/mol. The average Bonchev–Trinajstić information content (AvgIpc) is 2.50. The lowest BCUT2D eigenvalue weighted by Crippen LogP contribution is -2.12. The molecule has 0 radical (unpaired) electrons. The molecule has 0 bridgehead atoms. The Balaban J connectivity index is 2.07. The van der Waals surface area contributed by atoms with Crippen LogP contribution in [0.1, 0.15) is 5.56 Å². The van der Waals surface area contributed by atoms with Gasteiger partial charge in [0.15, 0.2) is 0 Å². The lowest BCUT2D eigenvalue weighted by molar-refractivity contribution is -0.133. The van der Waals surface area contributed by atoms with Crippen LogP contribution in [0.2, 0.25) is 0 Å². The molecule has 0 atom stereocenters. The smallest absolute Gasteiger partial charge is 0.315 e. The molecular formula is C16H16O5. The first-order chi connectivity index (χ1) is 10.1. The third kappa shape index (κ3) is 3.89. The molecule has 0 spiro atoms. The van der Waals surface area contributed by atoms with Crippen molar-refractivity contribution in [3.63, 3.8) is 0 Å². The number of hydrogen-bond acceptors (Lipinski definition) is 5. The Morgan fingerprint density at radius 2 is 1.67 bits per heavy atom. The van der Waals surface area contributed by atoms with Crippen molar-refractivity contribution in [1.29, 1.82) is 0 Å². The van der Waals surface area contributed by atoms with E-state index in [-0.39, 0.29) is 12.2 Å². The van der Waals surface area contributed by atoms with E-state index in [1.54, 1.807) is 25.3 Å². The Labute approximate surface area is 122 Å². The van der Waals surface area contributed by atoms with Crippen molar-refractivity contribution in [1.82, 2.24) is 0 Å². The van der Waals surface area contributed by atoms with Gasteiger partial charge in [0.2, 0.25) is 0 Å². The van der Waals surface area contributed by atoms with Crippen molar-refractivity contribution in [2.75, 3.05) is 14.2 Å². The van der Waals surface area contributed by atoms with Crippen LogP contribution >= 0.6 is 0 Å². The van der Waals surface area contributed by atoms with Gasteiger partial charge in [0.25, 0.3) is 0 Å². The van der Waals surface area contributed by atoms with Gasteiger partial charge in [0.05, 0.1) is 20.6 Å². The molecule has 110 valence electrons. The summed E-state index contributed by atoms with van der Waals surface area (Å²) in [5.74, 6) is 1.31. The van der Waals surface area contributed by atoms with Crippen LogP contribution in [-0.2, 0) is 11.2 Å². The molecule has 0 saturated heterocycles. The van der Waals surface area contributed by atoms with Crippen LogP contribution in [0.3, 0.4) is 0 Å². The van der Waals surface area contributed by atoms with E-state index in [1.165, 1.54) is 31.4 Å². The molecule has 0 aliphatic carbocycles. The highest BCUT2D eigenvalue weighted by Gasteiger charge is 2.12. The number of hydrogen-bond donors (Lipinski definition) is 1. The maximum absolute atomic E-state index is 11.9. The van der Waals surface area contributed by atoms with E-state index in [4.69, 9.17) is 14.2 Å². The molecule has 2 rings (SSSR count). The Hall–Kier alpha value is -2.69. The number of ether oxygens (including phenoxy) is 3. The molecule has 0 fully saturated rings. The number of phenols is 1. The quantitative estimate of drug-likeness (QED) is 0.676. The maximum atomic E-state index is 11.9. The first-order valence-electron chi connectivity index (χ1n) is 6.33. The summed E-state index contributed by atoms with van der Waals surface area (Å²) in [5, 5.41) is 9.17. The maximum Gasteiger partial charge on any atom is 0.315 e. The van der Waals surface area contributed by atoms with E-state index < -0.39 is 5.97 Å². The fourth-order valence-electron chi connectivity index (χ4n) is 1.84. The molecular weight excluding hydrogens is 272 g/mol. The second kappa shape index (κ2) is 6.65. The van der Waals surface area contributed by atoms with Crippen molar-refractivity contribution < 1.29 is 24.1 Å². The number of aromatic hydroxyl groups is 1. The fraction of sp³-hybridized carbons (Fsp3) is 0.188. The summed E-state index contributed by atoms with van der Waals surface area (Å²) >= 11 is 0. The summed E-state index contributed by atoms with van der Waals surface area (Å²) in [6.07, 6.45) is 0.0774. The average molecular weight is 288 g/mol. The highest BCUT2D eigenvalue weighted by molar-refractivity contribution is 5.76. The van der Waals surface area contributed by atoms with Crippen LogP contribution in [0.15, 0.2) is 42.5 Å². The van der Waals surface area contributed by atoms with Crippen LogP contribution in [0, 0.1) is 0 Å². The normalized spacial score (nSPS) is 10.0. The Morgan fingerprint density at radius 3 is 2.29 bits per heavy atom. The zero-order valence-corrected chi connectivity index (χ0v) is 11.8. The molecule has 0 heterocycles. The SMILES string of the molecule is COc1ccc(CC(=O)Oc2ccc(O)cc2)c(OC)c1. The van der Waals surface area contributed by atoms with E-state index in [9.17, 15) is 9.90 Å². The van der Waals surface area contributed by atoms with Crippen molar-refractivity contribution in [2.24, 2.45) is 0 Å². The summed E-state index contributed by atoms with van der Waals surface area (Å²) < 4.78 is 15.5. The molecule has 21 heavy (non-hydrogen) atoms. The largest absolute Gasteiger partial charge is 0.508 e. The van der Waals surface area contributed by atoms with Crippen LogP contribution in [0.5, 0.6) is 23.0 Å². The lowest BCUT2D eigenvalue weighted by atomic mass is 10.1. The molecule has 1 N–H and O–H groups in total. The van der Waals surface area contributed by atoms with Crippen molar-refractivity contribution >= 4 is 5.97 Å². The standard InChI is InChI=1S/C16H16O5/c1-19-14-6-3-11(15(10-14)20-2)9-16(18)21-13-7-4-12(17)5-8-13/h3-8,10,17H,9H2,1-2H3. The summed E-state index contributed by atoms with van der Waals surface area (Å²) in [4.78, 5) is 11.9. The minimum atomic E-state index is -0.413. The summed E-state index contributed by atoms with van der Waals surface area (Å²) in [6, 6.07) is 11.2. The van der Waals surface area contributed by atoms with Crippen molar-refractivity contribution in [3.8, 4) is 23.0 Å². The summed E-state index contributed by atoms with van der Waals surface area (Å²) in [5.41, 5.74) is 0.710. The third-order valence-corrected chi connectivity index (χ3v) is 2.90. The Bertz CT molecular complexity index is 619. The number of methoxy groups -OCH3 is 2. The highest BCUT2D eigenvalue weighted by atomic mass is 16.5. The predicted octanol–water partition coefficient (Wildman–Crippen LogP) is 2.56. The first-order valence-corrected chi connectivity index (χ1v) is 6.33. The van der Waals surface area contributed by atoms with Crippen LogP contribution in [-0.4, -0.2) is 25.3 Å². The monoisotopic (exact) mass is 288 g/mol. The van der Waals surface area contributed by atoms with Gasteiger partial charge in [-0.15, -0.1) is 0 Å². The number of rotatable bonds is 5. The van der Waals surface area contributed by atoms with Crippen LogP contribution < -0.4 is 14.2 Å². The van der Waals surface area contributed by atoms with Gasteiger partial charge in [-0.2, -0.15) is 0 Å². The molecule has 0 aliphatic heterocycles. The minimum absolute atomic E-state index is 0.0774. The van der Waals surface area contributed by atoms with Crippen molar-refractivity contribution in [3.05, 3.63) is 48.0 Å². The van der Waals surface area contributed by atoms with Gasteiger partial charge in [0.1, 0.15) is 23.0 Å². The van der Waals surface area contributed by atoms with Gasteiger partial charge in [-0.1, -0.05) is 6.07 Å². The molecule has 5 nitrogen and oxygen atoms in total. The van der Waals surface area contributed by atoms with Gasteiger partial charge in [0, 0.05) is 11.6 Å². The molecule has 0 aliphatic rings. The zero-order valence-electron chi connectivity index (χ0n) is 11.8. The second-order valence-electron chi connectivity index (χ2n) is 4.32. The lowest BCUT2D eigenvalue weighted by Gasteiger charge is -2.10. The van der Waals surface area contributed by atoms with Crippen LogP contribution in [0.4, 0.5) is 0 Å². The number of phenolic OH excluding ortho intramolecular Hbond substituents is 1. The number of benzene rings is 2. The topological polar surface area (TPSA) is 65.0 Å². The molecule has 2 aromatic rings. The van der Waals surface area contributed by atoms with E-state index in [1.807, 2.05) is 0 Å². The summed E-state index contributed by atoms with van der Waals surface area (Å²) in [6.45, 7) is 0. The van der Waals surface area contributed by atoms with E-state index in [2.05, 4.69) is 0 Å². The number of carbonyl (C=O) groups is 1. The molecule has 0 saturated carbocycles. The van der Waals surface area contributed by atoms with Gasteiger partial charge in [-0.05, 0) is 30.3 Å². The first kappa shape index (κ1) is 14.7.